The Labute approximate surface area is 222 Å². The van der Waals surface area contributed by atoms with Gasteiger partial charge in [-0.3, -0.25) is 0 Å². The fourth-order valence-corrected chi connectivity index (χ4v) is 6.12. The van der Waals surface area contributed by atoms with Crippen LogP contribution in [0.5, 0.6) is 0 Å². The number of aryl methyl sites for hydroxylation is 2. The van der Waals surface area contributed by atoms with Crippen molar-refractivity contribution in [2.75, 3.05) is 0 Å². The largest absolute Gasteiger partial charge is 0.550 e. The number of hydrogen-bond donors (Lipinski definition) is 0. The molecule has 0 N–H and O–H groups in total. The first kappa shape index (κ1) is 29.7. The van der Waals surface area contributed by atoms with Gasteiger partial charge in [-0.05, 0) is 79.6 Å². The van der Waals surface area contributed by atoms with E-state index in [4.69, 9.17) is 0 Å². The molecule has 36 heavy (non-hydrogen) atoms. The molecule has 0 aromatic heterocycles. The van der Waals surface area contributed by atoms with Gasteiger partial charge in [0.05, 0.1) is 10.9 Å². The van der Waals surface area contributed by atoms with E-state index in [1.165, 1.54) is 96.9 Å². The first-order chi connectivity index (χ1) is 17.6. The summed E-state index contributed by atoms with van der Waals surface area (Å²) in [5, 5.41) is 9.26. The average molecular weight is 505 g/mol. The number of carbonyl (C=O) groups excluding carboxylic acids is 1. The molecule has 0 amide bonds. The molecule has 0 fully saturated rings. The lowest BCUT2D eigenvalue weighted by Gasteiger charge is -2.10. The predicted octanol–water partition coefficient (Wildman–Crippen LogP) is 8.17. The van der Waals surface area contributed by atoms with E-state index in [-0.39, 0.29) is 17.3 Å². The van der Waals surface area contributed by atoms with E-state index in [1.54, 1.807) is 0 Å². The molecule has 3 aromatic rings. The van der Waals surface area contributed by atoms with Gasteiger partial charge in [-0.2, -0.15) is 0 Å². The monoisotopic (exact) mass is 504 g/mol. The molecule has 0 aliphatic rings. The summed E-state index contributed by atoms with van der Waals surface area (Å²) < 4.78 is 0. The number of unbranched alkanes of at least 4 members (excludes halogenated alkanes) is 6. The van der Waals surface area contributed by atoms with Gasteiger partial charge in [-0.15, -0.1) is 0 Å². The van der Waals surface area contributed by atoms with Crippen LogP contribution in [0.1, 0.15) is 89.7 Å². The molecule has 3 aromatic carbocycles. The molecule has 2 nitrogen and oxygen atoms in total. The Morgan fingerprint density at radius 3 is 1.33 bits per heavy atom. The maximum atomic E-state index is 9.26. The number of carbonyl (C=O) groups is 1. The lowest BCUT2D eigenvalue weighted by atomic mass is 10.1. The summed E-state index contributed by atoms with van der Waals surface area (Å²) in [5.74, 6) is -0.995. The zero-order valence-electron chi connectivity index (χ0n) is 22.5. The molecule has 0 atom stereocenters. The molecule has 0 aliphatic carbocycles. The smallest absolute Gasteiger partial charge is 0.166 e. The van der Waals surface area contributed by atoms with Crippen LogP contribution in [0.15, 0.2) is 93.5 Å². The van der Waals surface area contributed by atoms with E-state index < -0.39 is 5.97 Å². The number of carboxylic acids is 1. The van der Waals surface area contributed by atoms with E-state index >= 15 is 0 Å². The summed E-state index contributed by atoms with van der Waals surface area (Å²) >= 11 is 0. The van der Waals surface area contributed by atoms with Crippen LogP contribution >= 0.6 is 0 Å². The van der Waals surface area contributed by atoms with E-state index in [9.17, 15) is 9.90 Å². The van der Waals surface area contributed by atoms with Crippen molar-refractivity contribution in [3.05, 3.63) is 90.0 Å². The van der Waals surface area contributed by atoms with Crippen molar-refractivity contribution < 1.29 is 9.90 Å². The first-order valence-electron chi connectivity index (χ1n) is 13.8. The molecular weight excluding hydrogens is 460 g/mol. The second-order valence-corrected chi connectivity index (χ2v) is 11.3. The maximum Gasteiger partial charge on any atom is 0.166 e. The van der Waals surface area contributed by atoms with Crippen LogP contribution in [0.4, 0.5) is 0 Å². The van der Waals surface area contributed by atoms with Gasteiger partial charge < -0.3 is 9.90 Å². The second kappa shape index (κ2) is 17.8. The Morgan fingerprint density at radius 1 is 0.583 bits per heavy atom. The highest BCUT2D eigenvalue weighted by atomic mass is 32.2. The van der Waals surface area contributed by atoms with Gasteiger partial charge >= 0.3 is 0 Å². The standard InChI is InChI=1S/C30H39S.C3H6O2/c1-3-5-7-10-14-26-18-22-29(23-19-26)31(28-16-12-9-13-17-28)30-24-20-27(21-25-30)15-11-8-6-4-2;1-2-3(4)5/h9,12-13,16-25H,3-8,10-11,14-15H2,1-2H3;2H2,1H3,(H,4,5)/q+1;/p-1. The summed E-state index contributed by atoms with van der Waals surface area (Å²) in [4.78, 5) is 13.5. The number of hydrogen-bond acceptors (Lipinski definition) is 2. The lowest BCUT2D eigenvalue weighted by molar-refractivity contribution is -0.305. The molecule has 3 rings (SSSR count). The topological polar surface area (TPSA) is 40.1 Å². The van der Waals surface area contributed by atoms with Crippen molar-refractivity contribution in [1.29, 1.82) is 0 Å². The summed E-state index contributed by atoms with van der Waals surface area (Å²) in [6.45, 7) is 6.09. The zero-order valence-corrected chi connectivity index (χ0v) is 23.3. The number of carboxylic acid groups (broad SMARTS) is 1. The highest BCUT2D eigenvalue weighted by molar-refractivity contribution is 7.97. The summed E-state index contributed by atoms with van der Waals surface area (Å²) in [6, 6.07) is 29.9. The van der Waals surface area contributed by atoms with Gasteiger partial charge in [0.25, 0.3) is 0 Å². The van der Waals surface area contributed by atoms with Crippen LogP contribution in [-0.2, 0) is 28.5 Å². The van der Waals surface area contributed by atoms with Crippen molar-refractivity contribution in [3.63, 3.8) is 0 Å². The number of rotatable bonds is 14. The van der Waals surface area contributed by atoms with Crippen molar-refractivity contribution in [1.82, 2.24) is 0 Å². The van der Waals surface area contributed by atoms with E-state index in [0.29, 0.717) is 0 Å². The lowest BCUT2D eigenvalue weighted by Crippen LogP contribution is -2.19. The van der Waals surface area contributed by atoms with E-state index in [0.717, 1.165) is 0 Å². The van der Waals surface area contributed by atoms with Crippen LogP contribution < -0.4 is 5.11 Å². The minimum atomic E-state index is -0.995. The fourth-order valence-electron chi connectivity index (χ4n) is 4.06. The van der Waals surface area contributed by atoms with Crippen molar-refractivity contribution in [3.8, 4) is 0 Å². The SMILES string of the molecule is CCC(=O)[O-].CCCCCCc1ccc([S+](c2ccccc2)c2ccc(CCCCCC)cc2)cc1. The van der Waals surface area contributed by atoms with Crippen LogP contribution in [-0.4, -0.2) is 5.97 Å². The minimum Gasteiger partial charge on any atom is -0.550 e. The molecule has 0 unspecified atom stereocenters. The quantitative estimate of drug-likeness (QED) is 0.164. The molecule has 194 valence electrons. The van der Waals surface area contributed by atoms with E-state index in [1.807, 2.05) is 0 Å². The molecule has 3 heteroatoms. The highest BCUT2D eigenvalue weighted by Crippen LogP contribution is 2.31. The second-order valence-electron chi connectivity index (χ2n) is 9.25. The van der Waals surface area contributed by atoms with Gasteiger partial charge in [0, 0.05) is 5.97 Å². The molecule has 0 spiro atoms. The zero-order chi connectivity index (χ0) is 26.0. The van der Waals surface area contributed by atoms with E-state index in [2.05, 4.69) is 92.7 Å². The first-order valence-corrected chi connectivity index (χ1v) is 15.0. The highest BCUT2D eigenvalue weighted by Gasteiger charge is 2.28. The van der Waals surface area contributed by atoms with Crippen LogP contribution in [0.2, 0.25) is 0 Å². The summed E-state index contributed by atoms with van der Waals surface area (Å²) in [7, 11) is -0.0487. The molecule has 0 saturated heterocycles. The van der Waals surface area contributed by atoms with Crippen LogP contribution in [0, 0.1) is 0 Å². The van der Waals surface area contributed by atoms with Crippen molar-refractivity contribution in [2.45, 2.75) is 106 Å². The molecule has 0 heterocycles. The maximum absolute atomic E-state index is 9.26. The van der Waals surface area contributed by atoms with Gasteiger partial charge in [-0.25, -0.2) is 0 Å². The summed E-state index contributed by atoms with van der Waals surface area (Å²) in [5.41, 5.74) is 2.94. The molecule has 0 bridgehead atoms. The third kappa shape index (κ3) is 11.0. The molecule has 0 saturated carbocycles. The van der Waals surface area contributed by atoms with Crippen LogP contribution in [0.25, 0.3) is 0 Å². The van der Waals surface area contributed by atoms with Gasteiger partial charge in [0.2, 0.25) is 0 Å². The predicted molar refractivity (Wildman–Crippen MR) is 152 cm³/mol. The Morgan fingerprint density at radius 2 is 0.972 bits per heavy atom. The minimum absolute atomic E-state index is 0.0487. The fraction of sp³-hybridized carbons (Fsp3) is 0.424. The van der Waals surface area contributed by atoms with Crippen LogP contribution in [0.3, 0.4) is 0 Å². The molecular formula is C33H44O2S. The normalized spacial score (nSPS) is 10.7. The Balaban J connectivity index is 0.000000830. The van der Waals surface area contributed by atoms with Gasteiger partial charge in [0.1, 0.15) is 0 Å². The van der Waals surface area contributed by atoms with Gasteiger partial charge in [0.15, 0.2) is 14.7 Å². The molecule has 0 radical (unpaired) electrons. The molecule has 0 aliphatic heterocycles. The van der Waals surface area contributed by atoms with Crippen molar-refractivity contribution in [2.24, 2.45) is 0 Å². The third-order valence-electron chi connectivity index (χ3n) is 6.22. The Bertz CT molecular complexity index is 909. The average Bonchev–Trinajstić information content (AvgIpc) is 2.92. The number of benzene rings is 3. The third-order valence-corrected chi connectivity index (χ3v) is 8.45. The Hall–Kier alpha value is -2.52. The summed E-state index contributed by atoms with van der Waals surface area (Å²) in [6.07, 6.45) is 13.1. The van der Waals surface area contributed by atoms with Crippen molar-refractivity contribution >= 4 is 16.9 Å². The Kier molecular flexibility index (Phi) is 14.7. The van der Waals surface area contributed by atoms with Gasteiger partial charge in [-0.1, -0.05) is 102 Å². The number of aliphatic carboxylic acids is 1.